The van der Waals surface area contributed by atoms with Crippen molar-refractivity contribution in [1.29, 1.82) is 0 Å². The number of rotatable bonds is 2. The summed E-state index contributed by atoms with van der Waals surface area (Å²) in [5.41, 5.74) is 2.72. The van der Waals surface area contributed by atoms with Crippen LogP contribution in [0.2, 0.25) is 0 Å². The van der Waals surface area contributed by atoms with Crippen LogP contribution in [0.25, 0.3) is 0 Å². The van der Waals surface area contributed by atoms with Crippen molar-refractivity contribution in [3.63, 3.8) is 0 Å². The molecular weight excluding hydrogens is 295 g/mol. The van der Waals surface area contributed by atoms with Crippen LogP contribution >= 0.6 is 15.9 Å². The van der Waals surface area contributed by atoms with Gasteiger partial charge in [0.05, 0.1) is 0 Å². The molecule has 0 saturated heterocycles. The van der Waals surface area contributed by atoms with E-state index in [1.165, 1.54) is 18.2 Å². The lowest BCUT2D eigenvalue weighted by Gasteiger charge is -2.09. The second-order valence-corrected chi connectivity index (χ2v) is 5.06. The fraction of sp³-hybridized carbons (Fsp3) is 0.133. The first-order valence-corrected chi connectivity index (χ1v) is 6.36. The Morgan fingerprint density at radius 3 is 2.50 bits per heavy atom. The van der Waals surface area contributed by atoms with Crippen molar-refractivity contribution in [3.8, 4) is 0 Å². The van der Waals surface area contributed by atoms with Crippen molar-refractivity contribution in [1.82, 2.24) is 0 Å². The normalized spacial score (nSPS) is 10.4. The molecule has 3 heteroatoms. The van der Waals surface area contributed by atoms with E-state index in [4.69, 9.17) is 0 Å². The number of halogens is 2. The summed E-state index contributed by atoms with van der Waals surface area (Å²) >= 11 is 3.40. The zero-order chi connectivity index (χ0) is 13.3. The molecule has 0 N–H and O–H groups in total. The minimum atomic E-state index is -0.324. The highest BCUT2D eigenvalue weighted by Gasteiger charge is 2.15. The SMILES string of the molecule is Cc1cc(F)ccc1C(=O)c1cccc(Br)c1C. The van der Waals surface area contributed by atoms with E-state index in [9.17, 15) is 9.18 Å². The Kier molecular flexibility index (Phi) is 3.62. The molecule has 0 heterocycles. The Labute approximate surface area is 114 Å². The van der Waals surface area contributed by atoms with Crippen LogP contribution in [-0.4, -0.2) is 5.78 Å². The molecule has 0 bridgehead atoms. The van der Waals surface area contributed by atoms with Crippen LogP contribution in [0.3, 0.4) is 0 Å². The predicted molar refractivity (Wildman–Crippen MR) is 73.4 cm³/mol. The summed E-state index contributed by atoms with van der Waals surface area (Å²) in [5, 5.41) is 0. The molecule has 2 aromatic carbocycles. The second-order valence-electron chi connectivity index (χ2n) is 4.20. The van der Waals surface area contributed by atoms with Gasteiger partial charge in [-0.1, -0.05) is 28.1 Å². The number of carbonyl (C=O) groups excluding carboxylic acids is 1. The Morgan fingerprint density at radius 1 is 1.11 bits per heavy atom. The smallest absolute Gasteiger partial charge is 0.193 e. The van der Waals surface area contributed by atoms with Crippen molar-refractivity contribution in [2.45, 2.75) is 13.8 Å². The summed E-state index contributed by atoms with van der Waals surface area (Å²) in [6.07, 6.45) is 0. The topological polar surface area (TPSA) is 17.1 Å². The van der Waals surface area contributed by atoms with E-state index in [-0.39, 0.29) is 11.6 Å². The molecule has 0 spiro atoms. The van der Waals surface area contributed by atoms with Gasteiger partial charge in [0.15, 0.2) is 5.78 Å². The van der Waals surface area contributed by atoms with Crippen LogP contribution in [0.5, 0.6) is 0 Å². The Morgan fingerprint density at radius 2 is 1.83 bits per heavy atom. The second kappa shape index (κ2) is 5.02. The van der Waals surface area contributed by atoms with Crippen LogP contribution in [0, 0.1) is 19.7 Å². The molecule has 18 heavy (non-hydrogen) atoms. The number of hydrogen-bond acceptors (Lipinski definition) is 1. The highest BCUT2D eigenvalue weighted by Crippen LogP contribution is 2.23. The summed E-state index contributed by atoms with van der Waals surface area (Å²) in [5.74, 6) is -0.402. The van der Waals surface area contributed by atoms with Gasteiger partial charge in [-0.25, -0.2) is 4.39 Å². The van der Waals surface area contributed by atoms with Gasteiger partial charge in [0.2, 0.25) is 0 Å². The van der Waals surface area contributed by atoms with Crippen molar-refractivity contribution >= 4 is 21.7 Å². The van der Waals surface area contributed by atoms with Gasteiger partial charge in [-0.05, 0) is 49.2 Å². The molecule has 2 aromatic rings. The van der Waals surface area contributed by atoms with Crippen LogP contribution in [0.4, 0.5) is 4.39 Å². The van der Waals surface area contributed by atoms with E-state index < -0.39 is 0 Å². The molecule has 92 valence electrons. The highest BCUT2D eigenvalue weighted by atomic mass is 79.9. The van der Waals surface area contributed by atoms with Gasteiger partial charge in [-0.2, -0.15) is 0 Å². The lowest BCUT2D eigenvalue weighted by molar-refractivity contribution is 0.103. The van der Waals surface area contributed by atoms with E-state index in [0.29, 0.717) is 16.7 Å². The Bertz CT molecular complexity index is 620. The third kappa shape index (κ3) is 2.36. The molecule has 0 aliphatic rings. The first-order chi connectivity index (χ1) is 8.50. The molecule has 0 unspecified atom stereocenters. The van der Waals surface area contributed by atoms with E-state index in [1.54, 1.807) is 13.0 Å². The fourth-order valence-corrected chi connectivity index (χ4v) is 2.25. The van der Waals surface area contributed by atoms with Gasteiger partial charge < -0.3 is 0 Å². The standard InChI is InChI=1S/C15H12BrFO/c1-9-8-11(17)6-7-12(9)15(18)13-4-3-5-14(16)10(13)2/h3-8H,1-2H3. The maximum atomic E-state index is 13.0. The molecule has 0 aliphatic carbocycles. The quantitative estimate of drug-likeness (QED) is 0.750. The summed E-state index contributed by atoms with van der Waals surface area (Å²) in [7, 11) is 0. The largest absolute Gasteiger partial charge is 0.289 e. The molecule has 0 atom stereocenters. The molecule has 2 rings (SSSR count). The van der Waals surface area contributed by atoms with Gasteiger partial charge in [-0.15, -0.1) is 0 Å². The minimum Gasteiger partial charge on any atom is -0.289 e. The van der Waals surface area contributed by atoms with Crippen molar-refractivity contribution in [2.24, 2.45) is 0 Å². The molecule has 0 aromatic heterocycles. The van der Waals surface area contributed by atoms with Crippen LogP contribution in [-0.2, 0) is 0 Å². The summed E-state index contributed by atoms with van der Waals surface area (Å²) in [6, 6.07) is 9.72. The van der Waals surface area contributed by atoms with Gasteiger partial charge >= 0.3 is 0 Å². The van der Waals surface area contributed by atoms with Gasteiger partial charge in [0.1, 0.15) is 5.82 Å². The van der Waals surface area contributed by atoms with E-state index >= 15 is 0 Å². The average Bonchev–Trinajstić information content (AvgIpc) is 2.32. The molecule has 0 radical (unpaired) electrons. The summed E-state index contributed by atoms with van der Waals surface area (Å²) in [6.45, 7) is 3.62. The minimum absolute atomic E-state index is 0.0775. The maximum absolute atomic E-state index is 13.0. The molecule has 0 aliphatic heterocycles. The van der Waals surface area contributed by atoms with Gasteiger partial charge in [0, 0.05) is 15.6 Å². The Balaban J connectivity index is 2.51. The molecule has 1 nitrogen and oxygen atoms in total. The lowest BCUT2D eigenvalue weighted by Crippen LogP contribution is -2.06. The van der Waals surface area contributed by atoms with E-state index in [1.807, 2.05) is 19.1 Å². The first-order valence-electron chi connectivity index (χ1n) is 5.56. The summed E-state index contributed by atoms with van der Waals surface area (Å²) < 4.78 is 13.9. The monoisotopic (exact) mass is 306 g/mol. The molecular formula is C15H12BrFO. The first kappa shape index (κ1) is 13.0. The van der Waals surface area contributed by atoms with Crippen LogP contribution in [0.1, 0.15) is 27.0 Å². The number of hydrogen-bond donors (Lipinski definition) is 0. The Hall–Kier alpha value is -1.48. The third-order valence-corrected chi connectivity index (χ3v) is 3.80. The molecule has 0 saturated carbocycles. The highest BCUT2D eigenvalue weighted by molar-refractivity contribution is 9.10. The predicted octanol–water partition coefficient (Wildman–Crippen LogP) is 4.44. The van der Waals surface area contributed by atoms with Crippen LogP contribution < -0.4 is 0 Å². The zero-order valence-electron chi connectivity index (χ0n) is 10.1. The van der Waals surface area contributed by atoms with E-state index in [2.05, 4.69) is 15.9 Å². The molecule has 0 amide bonds. The van der Waals surface area contributed by atoms with Crippen molar-refractivity contribution < 1.29 is 9.18 Å². The lowest BCUT2D eigenvalue weighted by atomic mass is 9.96. The molecule has 0 fully saturated rings. The fourth-order valence-electron chi connectivity index (χ4n) is 1.88. The number of carbonyl (C=O) groups is 1. The van der Waals surface area contributed by atoms with Crippen LogP contribution in [0.15, 0.2) is 40.9 Å². The number of ketones is 1. The zero-order valence-corrected chi connectivity index (χ0v) is 11.7. The van der Waals surface area contributed by atoms with Crippen molar-refractivity contribution in [3.05, 3.63) is 68.9 Å². The van der Waals surface area contributed by atoms with Crippen molar-refractivity contribution in [2.75, 3.05) is 0 Å². The average molecular weight is 307 g/mol. The van der Waals surface area contributed by atoms with Gasteiger partial charge in [0.25, 0.3) is 0 Å². The third-order valence-electron chi connectivity index (χ3n) is 2.95. The van der Waals surface area contributed by atoms with E-state index in [0.717, 1.165) is 10.0 Å². The summed E-state index contributed by atoms with van der Waals surface area (Å²) in [4.78, 5) is 12.4. The number of aryl methyl sites for hydroxylation is 1. The van der Waals surface area contributed by atoms with Gasteiger partial charge in [-0.3, -0.25) is 4.79 Å². The maximum Gasteiger partial charge on any atom is 0.193 e. The number of benzene rings is 2.